The standard InChI is InChI=1S/C16H19NO5S.2Pb/c1-2-23(21,22)11-13-8-14(16(19)20)17(10-13)15(18)9-12-6-4-3-5-7-12;;/h3-7,9,13-14H,1-2,8,10-11H2,(H,19,20);;. The van der Waals surface area contributed by atoms with E-state index in [9.17, 15) is 23.1 Å². The summed E-state index contributed by atoms with van der Waals surface area (Å²) in [5.74, 6) is -1.42. The number of aliphatic carboxylic acids is 1. The third kappa shape index (κ3) is 5.71. The molecule has 0 spiro atoms. The van der Waals surface area contributed by atoms with E-state index in [2.05, 4.69) is 0 Å². The molecule has 0 saturated carbocycles. The Morgan fingerprint density at radius 3 is 2.48 bits per heavy atom. The molecule has 9 heteroatoms. The molecule has 1 aromatic carbocycles. The van der Waals surface area contributed by atoms with Gasteiger partial charge in [-0.1, -0.05) is 0 Å². The monoisotopic (exact) mass is 753 g/mol. The minimum atomic E-state index is -3.17. The van der Waals surface area contributed by atoms with Crippen molar-refractivity contribution < 1.29 is 23.1 Å². The Morgan fingerprint density at radius 2 is 1.92 bits per heavy atom. The van der Waals surface area contributed by atoms with E-state index in [-0.39, 0.29) is 39.8 Å². The first-order chi connectivity index (χ1) is 11.7. The second-order valence-electron chi connectivity index (χ2n) is 6.15. The number of amides is 1. The topological polar surface area (TPSA) is 91.8 Å². The van der Waals surface area contributed by atoms with Crippen LogP contribution in [0.2, 0.25) is 3.98 Å². The summed E-state index contributed by atoms with van der Waals surface area (Å²) >= 11 is 1.40. The molecule has 3 atom stereocenters. The SMILES string of the molecule is O=C(O)C1CC(CS(=O)(=O)C[CH2][Pb])CN1C(=O)[CH]([Pb])c1ccccc1. The van der Waals surface area contributed by atoms with Gasteiger partial charge in [-0.15, -0.1) is 0 Å². The van der Waals surface area contributed by atoms with Crippen LogP contribution >= 0.6 is 0 Å². The van der Waals surface area contributed by atoms with Gasteiger partial charge in [0, 0.05) is 0 Å². The van der Waals surface area contributed by atoms with Crippen molar-refractivity contribution in [3.63, 3.8) is 0 Å². The van der Waals surface area contributed by atoms with E-state index in [0.29, 0.717) is 29.7 Å². The average molecular weight is 752 g/mol. The minimum absolute atomic E-state index is 0.0278. The fourth-order valence-electron chi connectivity index (χ4n) is 3.07. The Hall–Kier alpha value is -0.0458. The van der Waals surface area contributed by atoms with E-state index in [1.807, 2.05) is 30.3 Å². The first-order valence-corrected chi connectivity index (χ1v) is 14.7. The van der Waals surface area contributed by atoms with Crippen molar-refractivity contribution >= 4 is 73.2 Å². The van der Waals surface area contributed by atoms with E-state index >= 15 is 0 Å². The van der Waals surface area contributed by atoms with Crippen LogP contribution in [0.25, 0.3) is 0 Å². The molecule has 1 N–H and O–H groups in total. The predicted octanol–water partition coefficient (Wildman–Crippen LogP) is 0.200. The van der Waals surface area contributed by atoms with Crippen molar-refractivity contribution in [1.29, 1.82) is 0 Å². The molecule has 1 aromatic rings. The maximum atomic E-state index is 12.9. The molecule has 3 unspecified atom stereocenters. The summed E-state index contributed by atoms with van der Waals surface area (Å²) in [6, 6.07) is 8.40. The number of sulfone groups is 1. The number of carboxylic acids is 1. The Morgan fingerprint density at radius 1 is 1.28 bits per heavy atom. The first kappa shape index (κ1) is 21.3. The van der Waals surface area contributed by atoms with Gasteiger partial charge in [0.05, 0.1) is 0 Å². The van der Waals surface area contributed by atoms with Crippen LogP contribution in [0.1, 0.15) is 15.5 Å². The summed E-state index contributed by atoms with van der Waals surface area (Å²) in [4.78, 5) is 25.8. The number of carbonyl (C=O) groups is 2. The predicted molar refractivity (Wildman–Crippen MR) is 95.4 cm³/mol. The Kier molecular flexibility index (Phi) is 7.86. The molecule has 2 rings (SSSR count). The molecule has 1 aliphatic rings. The van der Waals surface area contributed by atoms with Crippen LogP contribution in [0.4, 0.5) is 0 Å². The van der Waals surface area contributed by atoms with Crippen molar-refractivity contribution in [2.24, 2.45) is 5.92 Å². The number of carboxylic acid groups (broad SMARTS) is 1. The quantitative estimate of drug-likeness (QED) is 0.403. The zero-order valence-electron chi connectivity index (χ0n) is 13.6. The average Bonchev–Trinajstić information content (AvgIpc) is 2.97. The van der Waals surface area contributed by atoms with E-state index < -0.39 is 21.8 Å². The van der Waals surface area contributed by atoms with E-state index in [1.54, 1.807) is 0 Å². The molecule has 0 aromatic heterocycles. The molecular weight excluding hydrogens is 733 g/mol. The number of carbonyl (C=O) groups excluding carboxylic acids is 1. The summed E-state index contributed by atoms with van der Waals surface area (Å²) < 4.78 is 24.5. The van der Waals surface area contributed by atoms with Crippen LogP contribution in [0, 0.1) is 5.92 Å². The fourth-order valence-corrected chi connectivity index (χ4v) is 9.53. The number of rotatable bonds is 7. The normalized spacial score (nSPS) is 21.9. The van der Waals surface area contributed by atoms with Gasteiger partial charge in [-0.2, -0.15) is 0 Å². The third-order valence-corrected chi connectivity index (χ3v) is 10.7. The third-order valence-electron chi connectivity index (χ3n) is 4.24. The summed E-state index contributed by atoms with van der Waals surface area (Å²) in [7, 11) is -3.17. The van der Waals surface area contributed by atoms with Gasteiger partial charge >= 0.3 is 181 Å². The van der Waals surface area contributed by atoms with Crippen LogP contribution in [-0.4, -0.2) is 106 Å². The number of benzene rings is 1. The fraction of sp³-hybridized carbons (Fsp3) is 0.500. The summed E-state index contributed by atoms with van der Waals surface area (Å²) in [5, 5.41) is 9.48. The second-order valence-corrected chi connectivity index (χ2v) is 12.6. The van der Waals surface area contributed by atoms with Gasteiger partial charge in [-0.05, 0) is 0 Å². The van der Waals surface area contributed by atoms with Crippen LogP contribution in [-0.2, 0) is 19.4 Å². The number of hydrogen-bond donors (Lipinski definition) is 1. The van der Waals surface area contributed by atoms with Crippen molar-refractivity contribution in [2.75, 3.05) is 18.1 Å². The molecule has 25 heavy (non-hydrogen) atoms. The van der Waals surface area contributed by atoms with E-state index in [1.165, 1.54) is 4.90 Å². The number of likely N-dealkylation sites (tertiary alicyclic amines) is 1. The Labute approximate surface area is 179 Å². The second kappa shape index (κ2) is 9.24. The summed E-state index contributed by atoms with van der Waals surface area (Å²) in [6.45, 7) is 0.210. The number of nitrogens with zero attached hydrogens (tertiary/aromatic N) is 1. The van der Waals surface area contributed by atoms with Crippen molar-refractivity contribution in [3.8, 4) is 0 Å². The molecule has 6 nitrogen and oxygen atoms in total. The van der Waals surface area contributed by atoms with Gasteiger partial charge in [0.25, 0.3) is 0 Å². The van der Waals surface area contributed by atoms with Gasteiger partial charge in [-0.25, -0.2) is 0 Å². The van der Waals surface area contributed by atoms with Crippen LogP contribution in [0.3, 0.4) is 0 Å². The molecule has 6 radical (unpaired) electrons. The molecule has 1 fully saturated rings. The van der Waals surface area contributed by atoms with Gasteiger partial charge in [0.2, 0.25) is 0 Å². The van der Waals surface area contributed by atoms with Gasteiger partial charge in [-0.3, -0.25) is 0 Å². The molecule has 1 saturated heterocycles. The van der Waals surface area contributed by atoms with Crippen molar-refractivity contribution in [3.05, 3.63) is 35.9 Å². The molecule has 1 heterocycles. The molecule has 0 bridgehead atoms. The molecule has 0 aliphatic carbocycles. The zero-order valence-corrected chi connectivity index (χ0v) is 22.2. The Balaban J connectivity index is 2.15. The van der Waals surface area contributed by atoms with Crippen molar-refractivity contribution in [2.45, 2.75) is 19.9 Å². The van der Waals surface area contributed by atoms with Gasteiger partial charge < -0.3 is 0 Å². The summed E-state index contributed by atoms with van der Waals surface area (Å²) in [6.07, 6.45) is 0.213. The van der Waals surface area contributed by atoms with Crippen LogP contribution in [0.5, 0.6) is 0 Å². The summed E-state index contributed by atoms with van der Waals surface area (Å²) in [5.41, 5.74) is 0.885. The Bertz CT molecular complexity index is 725. The zero-order chi connectivity index (χ0) is 18.6. The first-order valence-electron chi connectivity index (χ1n) is 7.89. The maximum absolute atomic E-state index is 12.9. The van der Waals surface area contributed by atoms with Crippen molar-refractivity contribution in [1.82, 2.24) is 4.90 Å². The molecule has 1 aliphatic heterocycles. The molecule has 1 amide bonds. The molecular formula is C16H19NO5Pb2S. The number of hydrogen-bond acceptors (Lipinski definition) is 4. The van der Waals surface area contributed by atoms with E-state index in [4.69, 9.17) is 0 Å². The van der Waals surface area contributed by atoms with Crippen LogP contribution in [0.15, 0.2) is 30.3 Å². The van der Waals surface area contributed by atoms with Gasteiger partial charge in [0.1, 0.15) is 0 Å². The van der Waals surface area contributed by atoms with Crippen LogP contribution < -0.4 is 0 Å². The van der Waals surface area contributed by atoms with Gasteiger partial charge in [0.15, 0.2) is 0 Å². The molecule has 132 valence electrons. The van der Waals surface area contributed by atoms with E-state index in [0.717, 1.165) is 31.3 Å².